The summed E-state index contributed by atoms with van der Waals surface area (Å²) in [6.45, 7) is 3.03. The lowest BCUT2D eigenvalue weighted by atomic mass is 9.87. The van der Waals surface area contributed by atoms with E-state index >= 15 is 0 Å². The van der Waals surface area contributed by atoms with Crippen LogP contribution in [-0.4, -0.2) is 58.1 Å². The quantitative estimate of drug-likeness (QED) is 0.816. The maximum absolute atomic E-state index is 12.5. The summed E-state index contributed by atoms with van der Waals surface area (Å²) in [6.07, 6.45) is 3.32. The number of hydrogen-bond acceptors (Lipinski definition) is 4. The average molecular weight is 368 g/mol. The number of aromatic amines is 2. The Morgan fingerprint density at radius 2 is 1.78 bits per heavy atom. The molecule has 0 unspecified atom stereocenters. The predicted molar refractivity (Wildman–Crippen MR) is 102 cm³/mol. The van der Waals surface area contributed by atoms with Crippen molar-refractivity contribution in [2.24, 2.45) is 0 Å². The number of nitrogens with one attached hydrogen (secondary N) is 2. The Kier molecular flexibility index (Phi) is 4.94. The average Bonchev–Trinajstić information content (AvgIpc) is 2.70. The second-order valence-electron chi connectivity index (χ2n) is 7.37. The van der Waals surface area contributed by atoms with Gasteiger partial charge in [-0.25, -0.2) is 0 Å². The number of piperazine rings is 1. The van der Waals surface area contributed by atoms with Crippen LogP contribution >= 0.6 is 0 Å². The molecule has 2 heterocycles. The minimum atomic E-state index is -0.414. The lowest BCUT2D eigenvalue weighted by Gasteiger charge is -2.41. The van der Waals surface area contributed by atoms with Gasteiger partial charge in [-0.1, -0.05) is 24.3 Å². The summed E-state index contributed by atoms with van der Waals surface area (Å²) in [5, 5.41) is 4.48. The van der Waals surface area contributed by atoms with E-state index in [0.29, 0.717) is 19.1 Å². The van der Waals surface area contributed by atoms with Gasteiger partial charge < -0.3 is 4.90 Å². The summed E-state index contributed by atoms with van der Waals surface area (Å²) < 4.78 is 0. The first-order chi connectivity index (χ1) is 13.1. The fourth-order valence-corrected chi connectivity index (χ4v) is 4.19. The number of benzene rings is 1. The molecule has 1 aromatic carbocycles. The molecule has 1 saturated heterocycles. The maximum atomic E-state index is 12.5. The molecule has 1 amide bonds. The molecular weight excluding hydrogens is 344 g/mol. The SMILES string of the molecule is O=C(Cc1cc(=O)[nH][nH]c1=O)N1CCN([C@H]2CCc3ccccc3C2)CC1. The lowest BCUT2D eigenvalue weighted by molar-refractivity contribution is -0.132. The van der Waals surface area contributed by atoms with Gasteiger partial charge in [-0.05, 0) is 30.4 Å². The Bertz CT molecular complexity index is 940. The van der Waals surface area contributed by atoms with E-state index in [1.165, 1.54) is 17.2 Å². The van der Waals surface area contributed by atoms with Crippen LogP contribution in [0.4, 0.5) is 0 Å². The molecule has 0 bridgehead atoms. The van der Waals surface area contributed by atoms with E-state index in [1.807, 2.05) is 0 Å². The molecule has 7 heteroatoms. The number of hydrogen-bond donors (Lipinski definition) is 2. The highest BCUT2D eigenvalue weighted by Gasteiger charge is 2.28. The number of H-pyrrole nitrogens is 2. The molecule has 1 aliphatic carbocycles. The van der Waals surface area contributed by atoms with Crippen molar-refractivity contribution in [2.45, 2.75) is 31.7 Å². The molecule has 27 heavy (non-hydrogen) atoms. The van der Waals surface area contributed by atoms with Gasteiger partial charge in [0.1, 0.15) is 0 Å². The van der Waals surface area contributed by atoms with E-state index in [0.717, 1.165) is 32.4 Å². The molecule has 2 aliphatic rings. The third-order valence-electron chi connectivity index (χ3n) is 5.74. The second-order valence-corrected chi connectivity index (χ2v) is 7.37. The van der Waals surface area contributed by atoms with Crippen molar-refractivity contribution in [1.29, 1.82) is 0 Å². The number of aryl methyl sites for hydroxylation is 1. The highest BCUT2D eigenvalue weighted by atomic mass is 16.2. The number of carbonyl (C=O) groups is 1. The molecule has 142 valence electrons. The topological polar surface area (TPSA) is 89.3 Å². The molecule has 0 spiro atoms. The van der Waals surface area contributed by atoms with Crippen LogP contribution in [-0.2, 0) is 24.1 Å². The van der Waals surface area contributed by atoms with Crippen molar-refractivity contribution in [3.05, 3.63) is 67.7 Å². The highest BCUT2D eigenvalue weighted by Crippen LogP contribution is 2.25. The normalized spacial score (nSPS) is 20.3. The largest absolute Gasteiger partial charge is 0.340 e. The van der Waals surface area contributed by atoms with Gasteiger partial charge >= 0.3 is 0 Å². The first-order valence-corrected chi connectivity index (χ1v) is 9.49. The number of rotatable bonds is 3. The Labute approximate surface area is 157 Å². The molecule has 0 saturated carbocycles. The third-order valence-corrected chi connectivity index (χ3v) is 5.74. The van der Waals surface area contributed by atoms with Gasteiger partial charge in [0.05, 0.1) is 6.42 Å². The molecule has 0 radical (unpaired) electrons. The summed E-state index contributed by atoms with van der Waals surface area (Å²) in [4.78, 5) is 39.9. The smallest absolute Gasteiger partial charge is 0.266 e. The van der Waals surface area contributed by atoms with E-state index < -0.39 is 11.1 Å². The summed E-state index contributed by atoms with van der Waals surface area (Å²) in [6, 6.07) is 10.4. The van der Waals surface area contributed by atoms with Gasteiger partial charge in [0.15, 0.2) is 0 Å². The van der Waals surface area contributed by atoms with Crippen LogP contribution in [0.2, 0.25) is 0 Å². The van der Waals surface area contributed by atoms with Gasteiger partial charge in [0.2, 0.25) is 5.91 Å². The molecular formula is C20H24N4O3. The summed E-state index contributed by atoms with van der Waals surface area (Å²) in [5.41, 5.74) is 2.31. The lowest BCUT2D eigenvalue weighted by Crippen LogP contribution is -2.53. The minimum absolute atomic E-state index is 0.0317. The molecule has 1 aliphatic heterocycles. The molecule has 7 nitrogen and oxygen atoms in total. The van der Waals surface area contributed by atoms with Crippen LogP contribution < -0.4 is 11.1 Å². The fourth-order valence-electron chi connectivity index (χ4n) is 4.19. The maximum Gasteiger partial charge on any atom is 0.266 e. The first-order valence-electron chi connectivity index (χ1n) is 9.49. The zero-order valence-electron chi connectivity index (χ0n) is 15.2. The molecule has 1 aromatic heterocycles. The summed E-state index contributed by atoms with van der Waals surface area (Å²) in [5.74, 6) is -0.0975. The number of nitrogens with zero attached hydrogens (tertiary/aromatic N) is 2. The summed E-state index contributed by atoms with van der Waals surface area (Å²) >= 11 is 0. The van der Waals surface area contributed by atoms with Gasteiger partial charge in [-0.2, -0.15) is 0 Å². The van der Waals surface area contributed by atoms with Crippen molar-refractivity contribution in [1.82, 2.24) is 20.0 Å². The van der Waals surface area contributed by atoms with Crippen molar-refractivity contribution in [3.8, 4) is 0 Å². The monoisotopic (exact) mass is 368 g/mol. The minimum Gasteiger partial charge on any atom is -0.340 e. The number of carbonyl (C=O) groups excluding carboxylic acids is 1. The first kappa shape index (κ1) is 17.7. The van der Waals surface area contributed by atoms with E-state index in [1.54, 1.807) is 4.90 Å². The van der Waals surface area contributed by atoms with E-state index in [-0.39, 0.29) is 17.9 Å². The van der Waals surface area contributed by atoms with E-state index in [4.69, 9.17) is 0 Å². The van der Waals surface area contributed by atoms with E-state index in [9.17, 15) is 14.4 Å². The predicted octanol–water partition coefficient (Wildman–Crippen LogP) is 0.307. The van der Waals surface area contributed by atoms with Crippen molar-refractivity contribution >= 4 is 5.91 Å². The van der Waals surface area contributed by atoms with Gasteiger partial charge in [0.25, 0.3) is 11.1 Å². The zero-order valence-corrected chi connectivity index (χ0v) is 15.2. The Balaban J connectivity index is 1.34. The van der Waals surface area contributed by atoms with Crippen molar-refractivity contribution < 1.29 is 4.79 Å². The molecule has 4 rings (SSSR count). The van der Waals surface area contributed by atoms with Crippen LogP contribution in [0.1, 0.15) is 23.1 Å². The number of amides is 1. The van der Waals surface area contributed by atoms with Crippen LogP contribution in [0.5, 0.6) is 0 Å². The highest BCUT2D eigenvalue weighted by molar-refractivity contribution is 5.78. The molecule has 1 fully saturated rings. The Morgan fingerprint density at radius 1 is 1.04 bits per heavy atom. The van der Waals surface area contributed by atoms with Crippen molar-refractivity contribution in [2.75, 3.05) is 26.2 Å². The fraction of sp³-hybridized carbons (Fsp3) is 0.450. The number of fused-ring (bicyclic) bond motifs is 1. The molecule has 2 aromatic rings. The summed E-state index contributed by atoms with van der Waals surface area (Å²) in [7, 11) is 0. The van der Waals surface area contributed by atoms with Crippen LogP contribution in [0, 0.1) is 0 Å². The van der Waals surface area contributed by atoms with Crippen LogP contribution in [0.15, 0.2) is 39.9 Å². The van der Waals surface area contributed by atoms with E-state index in [2.05, 4.69) is 39.4 Å². The van der Waals surface area contributed by atoms with Crippen LogP contribution in [0.25, 0.3) is 0 Å². The van der Waals surface area contributed by atoms with Crippen LogP contribution in [0.3, 0.4) is 0 Å². The van der Waals surface area contributed by atoms with Gasteiger partial charge in [-0.15, -0.1) is 0 Å². The van der Waals surface area contributed by atoms with Gasteiger partial charge in [0, 0.05) is 43.9 Å². The Hall–Kier alpha value is -2.67. The number of aromatic nitrogens is 2. The van der Waals surface area contributed by atoms with Crippen molar-refractivity contribution in [3.63, 3.8) is 0 Å². The zero-order chi connectivity index (χ0) is 18.8. The Morgan fingerprint density at radius 3 is 2.56 bits per heavy atom. The molecule has 1 atom stereocenters. The van der Waals surface area contributed by atoms with Gasteiger partial charge in [-0.3, -0.25) is 29.5 Å². The second kappa shape index (κ2) is 7.52. The standard InChI is InChI=1S/C20H24N4O3/c25-18-12-16(20(27)22-21-18)13-19(26)24-9-7-23(8-10-24)17-6-5-14-3-1-2-4-15(14)11-17/h1-4,12,17H,5-11,13H2,(H,21,25)(H,22,27)/t17-/m0/s1. The third kappa shape index (κ3) is 3.88. The molecule has 2 N–H and O–H groups in total.